The molecule has 3 aromatic carbocycles. The van der Waals surface area contributed by atoms with Crippen molar-refractivity contribution < 1.29 is 19.2 Å². The second kappa shape index (κ2) is 5.86. The van der Waals surface area contributed by atoms with Crippen LogP contribution in [0.2, 0.25) is 0 Å². The Hall–Kier alpha value is -3.80. The van der Waals surface area contributed by atoms with E-state index in [1.165, 1.54) is 11.6 Å². The molecular formula is C24H15NO5. The molecule has 0 atom stereocenters. The van der Waals surface area contributed by atoms with Crippen molar-refractivity contribution in [1.29, 1.82) is 0 Å². The molecule has 0 spiro atoms. The van der Waals surface area contributed by atoms with Gasteiger partial charge in [0.25, 0.3) is 5.69 Å². The van der Waals surface area contributed by atoms with Crippen LogP contribution in [0.1, 0.15) is 43.0 Å². The van der Waals surface area contributed by atoms with Crippen LogP contribution in [-0.4, -0.2) is 16.9 Å². The number of carbonyl (C=O) groups is 2. The van der Waals surface area contributed by atoms with Crippen LogP contribution in [0, 0.1) is 10.1 Å². The van der Waals surface area contributed by atoms with Crippen molar-refractivity contribution in [2.45, 2.75) is 25.7 Å². The van der Waals surface area contributed by atoms with Crippen molar-refractivity contribution in [3.8, 4) is 22.3 Å². The van der Waals surface area contributed by atoms with E-state index in [0.29, 0.717) is 30.4 Å². The Morgan fingerprint density at radius 3 is 2.00 bits per heavy atom. The molecule has 0 N–H and O–H groups in total. The molecule has 6 rings (SSSR count). The molecule has 146 valence electrons. The first-order chi connectivity index (χ1) is 14.5. The lowest BCUT2D eigenvalue weighted by Gasteiger charge is -2.30. The zero-order valence-corrected chi connectivity index (χ0v) is 15.9. The topological polar surface area (TPSA) is 86.5 Å². The summed E-state index contributed by atoms with van der Waals surface area (Å²) in [5, 5.41) is 11.3. The highest BCUT2D eigenvalue weighted by Crippen LogP contribution is 2.50. The molecule has 0 radical (unpaired) electrons. The third-order valence-corrected chi connectivity index (χ3v) is 6.45. The molecule has 30 heavy (non-hydrogen) atoms. The van der Waals surface area contributed by atoms with Crippen molar-refractivity contribution in [3.05, 3.63) is 86.0 Å². The molecule has 6 heteroatoms. The molecule has 0 bridgehead atoms. The third-order valence-electron chi connectivity index (χ3n) is 6.45. The van der Waals surface area contributed by atoms with Gasteiger partial charge in [-0.3, -0.25) is 10.1 Å². The van der Waals surface area contributed by atoms with E-state index in [1.54, 1.807) is 12.1 Å². The maximum Gasteiger partial charge on any atom is 0.347 e. The zero-order chi connectivity index (χ0) is 20.6. The fraction of sp³-hybridized carbons (Fsp3) is 0.167. The van der Waals surface area contributed by atoms with Crippen LogP contribution in [-0.2, 0) is 30.4 Å². The number of esters is 2. The summed E-state index contributed by atoms with van der Waals surface area (Å²) in [5.74, 6) is -1.15. The average Bonchev–Trinajstić information content (AvgIpc) is 3.06. The molecule has 0 saturated carbocycles. The van der Waals surface area contributed by atoms with E-state index in [4.69, 9.17) is 4.74 Å². The molecule has 3 aromatic rings. The summed E-state index contributed by atoms with van der Waals surface area (Å²) in [5.41, 5.74) is 8.43. The Balaban J connectivity index is 1.76. The van der Waals surface area contributed by atoms with Crippen LogP contribution in [0.5, 0.6) is 0 Å². The van der Waals surface area contributed by atoms with E-state index in [1.807, 2.05) is 18.2 Å². The summed E-state index contributed by atoms with van der Waals surface area (Å²) in [4.78, 5) is 36.1. The Bertz CT molecular complexity index is 1340. The average molecular weight is 397 g/mol. The minimum Gasteiger partial charge on any atom is -0.386 e. The van der Waals surface area contributed by atoms with Crippen molar-refractivity contribution >= 4 is 17.6 Å². The predicted octanol–water partition coefficient (Wildman–Crippen LogP) is 4.44. The number of aryl methyl sites for hydroxylation is 2. The Labute approximate surface area is 171 Å². The third kappa shape index (κ3) is 2.13. The van der Waals surface area contributed by atoms with Gasteiger partial charge in [0, 0.05) is 12.1 Å². The Morgan fingerprint density at radius 1 is 0.733 bits per heavy atom. The maximum atomic E-state index is 12.6. The Kier molecular flexibility index (Phi) is 3.34. The molecule has 0 aromatic heterocycles. The lowest BCUT2D eigenvalue weighted by molar-refractivity contribution is -0.384. The van der Waals surface area contributed by atoms with Crippen LogP contribution >= 0.6 is 0 Å². The highest BCUT2D eigenvalue weighted by molar-refractivity contribution is 6.19. The SMILES string of the molecule is O=C1OC(=O)c2c3c(c4c(c21)CCc1ccccc1-4)-c1ccc([N+](=O)[O-])cc1CC3. The van der Waals surface area contributed by atoms with Crippen LogP contribution in [0.3, 0.4) is 0 Å². The minimum atomic E-state index is -0.585. The van der Waals surface area contributed by atoms with Gasteiger partial charge in [-0.2, -0.15) is 0 Å². The molecule has 1 heterocycles. The molecule has 0 amide bonds. The van der Waals surface area contributed by atoms with E-state index >= 15 is 0 Å². The number of benzene rings is 3. The van der Waals surface area contributed by atoms with Gasteiger partial charge in [-0.25, -0.2) is 9.59 Å². The van der Waals surface area contributed by atoms with Gasteiger partial charge < -0.3 is 4.74 Å². The number of ether oxygens (including phenoxy) is 1. The molecule has 2 aliphatic carbocycles. The number of hydrogen-bond acceptors (Lipinski definition) is 5. The smallest absolute Gasteiger partial charge is 0.347 e. The molecule has 3 aliphatic rings. The van der Waals surface area contributed by atoms with Crippen molar-refractivity contribution in [2.24, 2.45) is 0 Å². The number of cyclic esters (lactones) is 2. The van der Waals surface area contributed by atoms with E-state index in [9.17, 15) is 19.7 Å². The van der Waals surface area contributed by atoms with Gasteiger partial charge >= 0.3 is 11.9 Å². The fourth-order valence-corrected chi connectivity index (χ4v) is 5.23. The van der Waals surface area contributed by atoms with E-state index in [0.717, 1.165) is 45.4 Å². The van der Waals surface area contributed by atoms with Crippen LogP contribution < -0.4 is 0 Å². The summed E-state index contributed by atoms with van der Waals surface area (Å²) in [6.07, 6.45) is 2.53. The highest BCUT2D eigenvalue weighted by Gasteiger charge is 2.41. The molecule has 0 fully saturated rings. The maximum absolute atomic E-state index is 12.6. The quantitative estimate of drug-likeness (QED) is 0.262. The number of nitro groups is 1. The number of nitrogens with zero attached hydrogens (tertiary/aromatic N) is 1. The van der Waals surface area contributed by atoms with Gasteiger partial charge in [-0.1, -0.05) is 24.3 Å². The lowest BCUT2D eigenvalue weighted by Crippen LogP contribution is -2.17. The molecular weight excluding hydrogens is 382 g/mol. The minimum absolute atomic E-state index is 0.0576. The summed E-state index contributed by atoms with van der Waals surface area (Å²) in [6, 6.07) is 13.0. The monoisotopic (exact) mass is 397 g/mol. The molecule has 0 unspecified atom stereocenters. The number of non-ortho nitro benzene ring substituents is 1. The van der Waals surface area contributed by atoms with Crippen LogP contribution in [0.25, 0.3) is 22.3 Å². The first kappa shape index (κ1) is 17.1. The van der Waals surface area contributed by atoms with Gasteiger partial charge in [0.1, 0.15) is 0 Å². The first-order valence-corrected chi connectivity index (χ1v) is 9.88. The Morgan fingerprint density at radius 2 is 1.33 bits per heavy atom. The second-order valence-corrected chi connectivity index (χ2v) is 7.89. The molecule has 1 aliphatic heterocycles. The number of carbonyl (C=O) groups excluding carboxylic acids is 2. The fourth-order valence-electron chi connectivity index (χ4n) is 5.23. The van der Waals surface area contributed by atoms with Crippen molar-refractivity contribution in [2.75, 3.05) is 0 Å². The van der Waals surface area contributed by atoms with Gasteiger partial charge in [-0.15, -0.1) is 0 Å². The lowest BCUT2D eigenvalue weighted by atomic mass is 9.72. The summed E-state index contributed by atoms with van der Waals surface area (Å²) < 4.78 is 5.02. The van der Waals surface area contributed by atoms with Crippen molar-refractivity contribution in [3.63, 3.8) is 0 Å². The predicted molar refractivity (Wildman–Crippen MR) is 109 cm³/mol. The normalized spacial score (nSPS) is 15.5. The largest absolute Gasteiger partial charge is 0.386 e. The van der Waals surface area contributed by atoms with Gasteiger partial charge in [0.05, 0.1) is 16.1 Å². The molecule has 6 nitrogen and oxygen atoms in total. The molecule has 0 saturated heterocycles. The van der Waals surface area contributed by atoms with Crippen LogP contribution in [0.15, 0.2) is 42.5 Å². The summed E-state index contributed by atoms with van der Waals surface area (Å²) in [7, 11) is 0. The number of nitro benzene ring substituents is 1. The number of rotatable bonds is 1. The number of hydrogen-bond donors (Lipinski definition) is 0. The number of fused-ring (bicyclic) bond motifs is 10. The van der Waals surface area contributed by atoms with Crippen molar-refractivity contribution in [1.82, 2.24) is 0 Å². The van der Waals surface area contributed by atoms with Gasteiger partial charge in [-0.05, 0) is 76.3 Å². The summed E-state index contributed by atoms with van der Waals surface area (Å²) >= 11 is 0. The van der Waals surface area contributed by atoms with E-state index < -0.39 is 11.9 Å². The second-order valence-electron chi connectivity index (χ2n) is 7.89. The zero-order valence-electron chi connectivity index (χ0n) is 15.9. The van der Waals surface area contributed by atoms with Gasteiger partial charge in [0.15, 0.2) is 0 Å². The summed E-state index contributed by atoms with van der Waals surface area (Å²) in [6.45, 7) is 0. The first-order valence-electron chi connectivity index (χ1n) is 9.88. The van der Waals surface area contributed by atoms with E-state index in [2.05, 4.69) is 6.07 Å². The van der Waals surface area contributed by atoms with E-state index in [-0.39, 0.29) is 10.6 Å². The highest BCUT2D eigenvalue weighted by atomic mass is 16.6. The van der Waals surface area contributed by atoms with Gasteiger partial charge in [0.2, 0.25) is 0 Å². The van der Waals surface area contributed by atoms with Crippen LogP contribution in [0.4, 0.5) is 5.69 Å². The standard InChI is InChI=1S/C24H15NO5/c26-23-21-17-8-5-12-3-1-2-4-15(12)19(17)20-16-10-7-14(25(28)29)11-13(16)6-9-18(20)22(21)24(27)30-23/h1-4,7,10-11H,5-6,8-9H2.